The molecular weight excluding hydrogens is 262 g/mol. The Labute approximate surface area is 126 Å². The van der Waals surface area contributed by atoms with Crippen LogP contribution in [-0.4, -0.2) is 19.3 Å². The minimum absolute atomic E-state index is 0.391. The third kappa shape index (κ3) is 3.47. The summed E-state index contributed by atoms with van der Waals surface area (Å²) in [7, 11) is 0. The van der Waals surface area contributed by atoms with Crippen molar-refractivity contribution in [2.24, 2.45) is 0 Å². The zero-order valence-corrected chi connectivity index (χ0v) is 12.9. The van der Waals surface area contributed by atoms with Gasteiger partial charge in [0.2, 0.25) is 0 Å². The fourth-order valence-corrected chi connectivity index (χ4v) is 3.05. The Morgan fingerprint density at radius 3 is 3.00 bits per heavy atom. The number of para-hydroxylation sites is 1. The molecule has 0 spiro atoms. The standard InChI is InChI=1S/C18H25NO2/c1-2-3-9-18-16(13-19-12-14-7-6-11-20-14)15-8-4-5-10-17(15)21-18/h4-5,8,10,14,19H,2-3,6-7,9,11-13H2,1H3. The summed E-state index contributed by atoms with van der Waals surface area (Å²) in [6.07, 6.45) is 6.17. The van der Waals surface area contributed by atoms with Crippen molar-refractivity contribution in [2.45, 2.75) is 51.7 Å². The van der Waals surface area contributed by atoms with Crippen molar-refractivity contribution >= 4 is 11.0 Å². The molecule has 1 aromatic carbocycles. The Balaban J connectivity index is 1.71. The third-order valence-electron chi connectivity index (χ3n) is 4.24. The second kappa shape index (κ2) is 7.10. The molecule has 0 amide bonds. The maximum Gasteiger partial charge on any atom is 0.134 e. The van der Waals surface area contributed by atoms with E-state index in [1.165, 1.54) is 36.6 Å². The summed E-state index contributed by atoms with van der Waals surface area (Å²) in [5.74, 6) is 1.15. The molecule has 114 valence electrons. The average molecular weight is 287 g/mol. The van der Waals surface area contributed by atoms with Crippen LogP contribution in [0.25, 0.3) is 11.0 Å². The van der Waals surface area contributed by atoms with Gasteiger partial charge >= 0.3 is 0 Å². The highest BCUT2D eigenvalue weighted by molar-refractivity contribution is 5.82. The normalized spacial score (nSPS) is 18.6. The summed E-state index contributed by atoms with van der Waals surface area (Å²) in [5, 5.41) is 4.81. The molecule has 1 aliphatic rings. The van der Waals surface area contributed by atoms with Crippen molar-refractivity contribution in [3.63, 3.8) is 0 Å². The van der Waals surface area contributed by atoms with Gasteiger partial charge in [0, 0.05) is 37.1 Å². The molecular formula is C18H25NO2. The number of hydrogen-bond acceptors (Lipinski definition) is 3. The van der Waals surface area contributed by atoms with E-state index in [0.717, 1.165) is 37.5 Å². The van der Waals surface area contributed by atoms with E-state index >= 15 is 0 Å². The van der Waals surface area contributed by atoms with Gasteiger partial charge in [0.15, 0.2) is 0 Å². The number of nitrogens with one attached hydrogen (secondary N) is 1. The molecule has 21 heavy (non-hydrogen) atoms. The minimum atomic E-state index is 0.391. The zero-order valence-electron chi connectivity index (χ0n) is 12.9. The summed E-state index contributed by atoms with van der Waals surface area (Å²) in [4.78, 5) is 0. The number of benzene rings is 1. The molecule has 1 N–H and O–H groups in total. The van der Waals surface area contributed by atoms with E-state index in [1.54, 1.807) is 0 Å². The van der Waals surface area contributed by atoms with Crippen LogP contribution in [0.2, 0.25) is 0 Å². The maximum absolute atomic E-state index is 6.05. The quantitative estimate of drug-likeness (QED) is 0.834. The summed E-state index contributed by atoms with van der Waals surface area (Å²) in [5.41, 5.74) is 2.34. The monoisotopic (exact) mass is 287 g/mol. The van der Waals surface area contributed by atoms with Crippen LogP contribution in [0.15, 0.2) is 28.7 Å². The van der Waals surface area contributed by atoms with Gasteiger partial charge in [0.05, 0.1) is 6.10 Å². The second-order valence-electron chi connectivity index (χ2n) is 5.87. The van der Waals surface area contributed by atoms with Gasteiger partial charge in [-0.05, 0) is 25.3 Å². The van der Waals surface area contributed by atoms with Crippen LogP contribution in [0, 0.1) is 0 Å². The van der Waals surface area contributed by atoms with Crippen molar-refractivity contribution in [3.05, 3.63) is 35.6 Å². The lowest BCUT2D eigenvalue weighted by Gasteiger charge is -2.11. The van der Waals surface area contributed by atoms with Crippen LogP contribution in [0.4, 0.5) is 0 Å². The van der Waals surface area contributed by atoms with Crippen molar-refractivity contribution in [1.82, 2.24) is 5.32 Å². The molecule has 0 aliphatic carbocycles. The fraction of sp³-hybridized carbons (Fsp3) is 0.556. The van der Waals surface area contributed by atoms with Crippen molar-refractivity contribution in [1.29, 1.82) is 0 Å². The van der Waals surface area contributed by atoms with E-state index in [2.05, 4.69) is 30.4 Å². The van der Waals surface area contributed by atoms with Crippen LogP contribution in [0.1, 0.15) is 43.9 Å². The minimum Gasteiger partial charge on any atom is -0.461 e. The lowest BCUT2D eigenvalue weighted by molar-refractivity contribution is 0.110. The van der Waals surface area contributed by atoms with E-state index in [9.17, 15) is 0 Å². The topological polar surface area (TPSA) is 34.4 Å². The molecule has 3 heteroatoms. The van der Waals surface area contributed by atoms with E-state index in [4.69, 9.17) is 9.15 Å². The molecule has 1 atom stereocenters. The summed E-state index contributed by atoms with van der Waals surface area (Å²) < 4.78 is 11.7. The van der Waals surface area contributed by atoms with E-state index in [0.29, 0.717) is 6.10 Å². The van der Waals surface area contributed by atoms with Gasteiger partial charge in [0.25, 0.3) is 0 Å². The molecule has 2 heterocycles. The van der Waals surface area contributed by atoms with Gasteiger partial charge in [-0.15, -0.1) is 0 Å². The highest BCUT2D eigenvalue weighted by Gasteiger charge is 2.17. The maximum atomic E-state index is 6.05. The Bertz CT molecular complexity index is 570. The van der Waals surface area contributed by atoms with Crippen LogP contribution in [0.3, 0.4) is 0 Å². The smallest absolute Gasteiger partial charge is 0.134 e. The number of furan rings is 1. The lowest BCUT2D eigenvalue weighted by atomic mass is 10.1. The summed E-state index contributed by atoms with van der Waals surface area (Å²) >= 11 is 0. The Hall–Kier alpha value is -1.32. The SMILES string of the molecule is CCCCc1oc2ccccc2c1CNCC1CCCO1. The van der Waals surface area contributed by atoms with Gasteiger partial charge in [-0.3, -0.25) is 0 Å². The van der Waals surface area contributed by atoms with Crippen LogP contribution in [-0.2, 0) is 17.7 Å². The first-order chi connectivity index (χ1) is 10.4. The van der Waals surface area contributed by atoms with Crippen molar-refractivity contribution in [3.8, 4) is 0 Å². The highest BCUT2D eigenvalue weighted by atomic mass is 16.5. The van der Waals surface area contributed by atoms with Crippen molar-refractivity contribution in [2.75, 3.05) is 13.2 Å². The first-order valence-corrected chi connectivity index (χ1v) is 8.20. The Morgan fingerprint density at radius 1 is 1.29 bits per heavy atom. The van der Waals surface area contributed by atoms with Gasteiger partial charge < -0.3 is 14.5 Å². The van der Waals surface area contributed by atoms with Gasteiger partial charge in [-0.25, -0.2) is 0 Å². The Kier molecular flexibility index (Phi) is 4.94. The highest BCUT2D eigenvalue weighted by Crippen LogP contribution is 2.27. The molecule has 0 radical (unpaired) electrons. The number of unbranched alkanes of at least 4 members (excludes halogenated alkanes) is 1. The molecule has 0 saturated carbocycles. The largest absolute Gasteiger partial charge is 0.461 e. The summed E-state index contributed by atoms with van der Waals surface area (Å²) in [6.45, 7) is 4.95. The number of ether oxygens (including phenoxy) is 1. The molecule has 1 fully saturated rings. The third-order valence-corrected chi connectivity index (χ3v) is 4.24. The van der Waals surface area contributed by atoms with Gasteiger partial charge in [-0.2, -0.15) is 0 Å². The fourth-order valence-electron chi connectivity index (χ4n) is 3.05. The number of rotatable bonds is 7. The first kappa shape index (κ1) is 14.6. The van der Waals surface area contributed by atoms with Crippen molar-refractivity contribution < 1.29 is 9.15 Å². The second-order valence-corrected chi connectivity index (χ2v) is 5.87. The van der Waals surface area contributed by atoms with Crippen LogP contribution in [0.5, 0.6) is 0 Å². The van der Waals surface area contributed by atoms with Crippen LogP contribution >= 0.6 is 0 Å². The molecule has 2 aromatic rings. The Morgan fingerprint density at radius 2 is 2.19 bits per heavy atom. The van der Waals surface area contributed by atoms with E-state index in [-0.39, 0.29) is 0 Å². The molecule has 1 unspecified atom stereocenters. The number of fused-ring (bicyclic) bond motifs is 1. The molecule has 1 aliphatic heterocycles. The zero-order chi connectivity index (χ0) is 14.5. The molecule has 3 nitrogen and oxygen atoms in total. The van der Waals surface area contributed by atoms with Gasteiger partial charge in [-0.1, -0.05) is 31.5 Å². The molecule has 0 bridgehead atoms. The summed E-state index contributed by atoms with van der Waals surface area (Å²) in [6, 6.07) is 8.36. The predicted molar refractivity (Wildman–Crippen MR) is 85.5 cm³/mol. The number of aryl methyl sites for hydroxylation is 1. The first-order valence-electron chi connectivity index (χ1n) is 8.20. The average Bonchev–Trinajstić information content (AvgIpc) is 3.13. The lowest BCUT2D eigenvalue weighted by Crippen LogP contribution is -2.26. The molecule has 1 aromatic heterocycles. The predicted octanol–water partition coefficient (Wildman–Crippen LogP) is 4.04. The number of hydrogen-bond donors (Lipinski definition) is 1. The van der Waals surface area contributed by atoms with E-state index in [1.807, 2.05) is 6.07 Å². The molecule has 1 saturated heterocycles. The van der Waals surface area contributed by atoms with Gasteiger partial charge in [0.1, 0.15) is 11.3 Å². The van der Waals surface area contributed by atoms with Crippen LogP contribution < -0.4 is 5.32 Å². The molecule has 3 rings (SSSR count). The van der Waals surface area contributed by atoms with E-state index < -0.39 is 0 Å².